The number of methoxy groups -OCH3 is 2. The highest BCUT2D eigenvalue weighted by molar-refractivity contribution is 5.94. The third-order valence-electron chi connectivity index (χ3n) is 3.99. The van der Waals surface area contributed by atoms with Crippen LogP contribution in [0.15, 0.2) is 36.4 Å². The number of nitrogens with one attached hydrogen (secondary N) is 1. The number of carbonyl (C=O) groups is 1. The van der Waals surface area contributed by atoms with Crippen LogP contribution in [0.25, 0.3) is 0 Å². The van der Waals surface area contributed by atoms with Crippen molar-refractivity contribution >= 4 is 5.91 Å². The van der Waals surface area contributed by atoms with Crippen molar-refractivity contribution in [2.75, 3.05) is 20.8 Å². The normalized spacial score (nSPS) is 11.6. The van der Waals surface area contributed by atoms with E-state index in [9.17, 15) is 4.79 Å². The van der Waals surface area contributed by atoms with Crippen LogP contribution in [0.1, 0.15) is 41.4 Å². The van der Waals surface area contributed by atoms with Gasteiger partial charge < -0.3 is 19.5 Å². The third-order valence-corrected chi connectivity index (χ3v) is 3.99. The van der Waals surface area contributed by atoms with Crippen molar-refractivity contribution in [3.05, 3.63) is 53.1 Å². The van der Waals surface area contributed by atoms with Crippen molar-refractivity contribution in [2.24, 2.45) is 0 Å². The second-order valence-electron chi connectivity index (χ2n) is 5.72. The van der Waals surface area contributed by atoms with Gasteiger partial charge in [-0.3, -0.25) is 4.79 Å². The summed E-state index contributed by atoms with van der Waals surface area (Å²) in [4.78, 5) is 12.6. The maximum Gasteiger partial charge on any atom is 0.251 e. The fourth-order valence-corrected chi connectivity index (χ4v) is 2.64. The molecule has 0 bridgehead atoms. The number of ether oxygens (including phenoxy) is 3. The molecule has 0 unspecified atom stereocenters. The third kappa shape index (κ3) is 4.44. The molecule has 0 radical (unpaired) electrons. The molecule has 2 aromatic rings. The van der Waals surface area contributed by atoms with Crippen LogP contribution in [0.4, 0.5) is 0 Å². The number of carbonyl (C=O) groups excluding carboxylic acids is 1. The largest absolute Gasteiger partial charge is 0.497 e. The van der Waals surface area contributed by atoms with Crippen LogP contribution in [0.5, 0.6) is 17.2 Å². The molecule has 25 heavy (non-hydrogen) atoms. The lowest BCUT2D eigenvalue weighted by molar-refractivity contribution is 0.0939. The lowest BCUT2D eigenvalue weighted by Crippen LogP contribution is -2.27. The van der Waals surface area contributed by atoms with Gasteiger partial charge in [-0.05, 0) is 62.7 Å². The van der Waals surface area contributed by atoms with Crippen molar-refractivity contribution in [3.8, 4) is 17.2 Å². The molecule has 0 saturated heterocycles. The monoisotopic (exact) mass is 343 g/mol. The zero-order chi connectivity index (χ0) is 18.4. The molecule has 2 aromatic carbocycles. The van der Waals surface area contributed by atoms with Crippen LogP contribution in [0.3, 0.4) is 0 Å². The minimum atomic E-state index is -0.232. The molecular weight excluding hydrogens is 318 g/mol. The van der Waals surface area contributed by atoms with Crippen LogP contribution in [-0.2, 0) is 0 Å². The van der Waals surface area contributed by atoms with Crippen LogP contribution in [-0.4, -0.2) is 26.7 Å². The Hall–Kier alpha value is -2.69. The Kier molecular flexibility index (Phi) is 6.28. The lowest BCUT2D eigenvalue weighted by Gasteiger charge is -2.18. The van der Waals surface area contributed by atoms with Gasteiger partial charge >= 0.3 is 0 Å². The van der Waals surface area contributed by atoms with Gasteiger partial charge in [0.2, 0.25) is 0 Å². The van der Waals surface area contributed by atoms with Crippen LogP contribution in [0.2, 0.25) is 0 Å². The van der Waals surface area contributed by atoms with Gasteiger partial charge in [-0.15, -0.1) is 0 Å². The molecule has 5 heteroatoms. The molecule has 0 fully saturated rings. The van der Waals surface area contributed by atoms with E-state index in [-0.39, 0.29) is 11.9 Å². The fourth-order valence-electron chi connectivity index (χ4n) is 2.64. The first-order chi connectivity index (χ1) is 12.0. The molecular formula is C20H25NO4. The molecule has 0 aliphatic rings. The quantitative estimate of drug-likeness (QED) is 0.828. The average molecular weight is 343 g/mol. The van der Waals surface area contributed by atoms with E-state index in [1.807, 2.05) is 51.1 Å². The number of benzene rings is 2. The van der Waals surface area contributed by atoms with Crippen LogP contribution in [0, 0.1) is 6.92 Å². The Bertz CT molecular complexity index is 742. The average Bonchev–Trinajstić information content (AvgIpc) is 2.62. The Balaban J connectivity index is 2.19. The molecule has 1 atom stereocenters. The highest BCUT2D eigenvalue weighted by Gasteiger charge is 2.17. The van der Waals surface area contributed by atoms with E-state index in [1.165, 1.54) is 0 Å². The predicted octanol–water partition coefficient (Wildman–Crippen LogP) is 3.90. The van der Waals surface area contributed by atoms with Crippen LogP contribution < -0.4 is 19.5 Å². The number of rotatable bonds is 7. The van der Waals surface area contributed by atoms with Gasteiger partial charge in [0.05, 0.1) is 26.9 Å². The minimum absolute atomic E-state index is 0.150. The predicted molar refractivity (Wildman–Crippen MR) is 97.8 cm³/mol. The van der Waals surface area contributed by atoms with Gasteiger partial charge in [0, 0.05) is 11.1 Å². The molecule has 1 N–H and O–H groups in total. The van der Waals surface area contributed by atoms with Crippen LogP contribution >= 0.6 is 0 Å². The first-order valence-corrected chi connectivity index (χ1v) is 8.26. The van der Waals surface area contributed by atoms with E-state index in [4.69, 9.17) is 14.2 Å². The lowest BCUT2D eigenvalue weighted by atomic mass is 10.1. The molecule has 0 aromatic heterocycles. The van der Waals surface area contributed by atoms with E-state index in [1.54, 1.807) is 20.3 Å². The van der Waals surface area contributed by atoms with Gasteiger partial charge in [0.1, 0.15) is 17.2 Å². The molecule has 0 aliphatic carbocycles. The van der Waals surface area contributed by atoms with Gasteiger partial charge in [-0.25, -0.2) is 0 Å². The molecule has 2 rings (SSSR count). The van der Waals surface area contributed by atoms with Gasteiger partial charge in [-0.2, -0.15) is 0 Å². The summed E-state index contributed by atoms with van der Waals surface area (Å²) in [6.07, 6.45) is 0. The second kappa shape index (κ2) is 8.42. The summed E-state index contributed by atoms with van der Waals surface area (Å²) in [7, 11) is 3.22. The number of hydrogen-bond donors (Lipinski definition) is 1. The maximum absolute atomic E-state index is 12.6. The molecule has 0 saturated carbocycles. The maximum atomic E-state index is 12.6. The zero-order valence-electron chi connectivity index (χ0n) is 15.4. The summed E-state index contributed by atoms with van der Waals surface area (Å²) >= 11 is 0. The van der Waals surface area contributed by atoms with Gasteiger partial charge in [0.15, 0.2) is 0 Å². The van der Waals surface area contributed by atoms with Crippen molar-refractivity contribution in [1.29, 1.82) is 0 Å². The van der Waals surface area contributed by atoms with Gasteiger partial charge in [-0.1, -0.05) is 0 Å². The number of amides is 1. The van der Waals surface area contributed by atoms with E-state index >= 15 is 0 Å². The van der Waals surface area contributed by atoms with Crippen molar-refractivity contribution in [1.82, 2.24) is 5.32 Å². The summed E-state index contributed by atoms with van der Waals surface area (Å²) in [6.45, 7) is 6.37. The van der Waals surface area contributed by atoms with E-state index in [0.717, 1.165) is 16.9 Å². The van der Waals surface area contributed by atoms with E-state index in [0.29, 0.717) is 23.7 Å². The summed E-state index contributed by atoms with van der Waals surface area (Å²) < 4.78 is 16.2. The summed E-state index contributed by atoms with van der Waals surface area (Å²) in [5.41, 5.74) is 2.38. The SMILES string of the molecule is CCOc1ccc(C(=O)N[C@@H](C)c2cc(OC)ccc2OC)cc1C. The topological polar surface area (TPSA) is 56.8 Å². The highest BCUT2D eigenvalue weighted by atomic mass is 16.5. The molecule has 5 nitrogen and oxygen atoms in total. The molecule has 0 heterocycles. The number of hydrogen-bond acceptors (Lipinski definition) is 4. The first kappa shape index (κ1) is 18.6. The smallest absolute Gasteiger partial charge is 0.251 e. The van der Waals surface area contributed by atoms with Crippen molar-refractivity contribution in [2.45, 2.75) is 26.8 Å². The standard InChI is InChI=1S/C20H25NO4/c1-6-25-18-9-7-15(11-13(18)2)20(22)21-14(3)17-12-16(23-4)8-10-19(17)24-5/h7-12,14H,6H2,1-5H3,(H,21,22)/t14-/m0/s1. The first-order valence-electron chi connectivity index (χ1n) is 8.26. The van der Waals surface area contributed by atoms with Gasteiger partial charge in [0.25, 0.3) is 5.91 Å². The Morgan fingerprint density at radius 1 is 1.08 bits per heavy atom. The molecule has 134 valence electrons. The Morgan fingerprint density at radius 2 is 1.80 bits per heavy atom. The van der Waals surface area contributed by atoms with E-state index < -0.39 is 0 Å². The van der Waals surface area contributed by atoms with E-state index in [2.05, 4.69) is 5.32 Å². The molecule has 0 aliphatic heterocycles. The molecule has 1 amide bonds. The summed E-state index contributed by atoms with van der Waals surface area (Å²) in [6, 6.07) is 10.7. The Morgan fingerprint density at radius 3 is 2.40 bits per heavy atom. The fraction of sp³-hybridized carbons (Fsp3) is 0.350. The zero-order valence-corrected chi connectivity index (χ0v) is 15.4. The van der Waals surface area contributed by atoms with Crippen molar-refractivity contribution < 1.29 is 19.0 Å². The minimum Gasteiger partial charge on any atom is -0.497 e. The Labute approximate surface area is 148 Å². The second-order valence-corrected chi connectivity index (χ2v) is 5.72. The summed E-state index contributed by atoms with van der Waals surface area (Å²) in [5, 5.41) is 3.00. The molecule has 0 spiro atoms. The van der Waals surface area contributed by atoms with Crippen molar-refractivity contribution in [3.63, 3.8) is 0 Å². The highest BCUT2D eigenvalue weighted by Crippen LogP contribution is 2.29. The summed E-state index contributed by atoms with van der Waals surface area (Å²) in [5.74, 6) is 2.07. The number of aryl methyl sites for hydroxylation is 1.